The second-order valence-corrected chi connectivity index (χ2v) is 8.00. The van der Waals surface area contributed by atoms with E-state index in [1.54, 1.807) is 18.4 Å². The quantitative estimate of drug-likeness (QED) is 0.431. The van der Waals surface area contributed by atoms with E-state index in [0.717, 1.165) is 21.8 Å². The van der Waals surface area contributed by atoms with E-state index in [1.807, 2.05) is 35.4 Å². The molecule has 2 heterocycles. The molecular weight excluding hydrogens is 392 g/mol. The molecule has 148 valence electrons. The first-order valence-corrected chi connectivity index (χ1v) is 10.3. The van der Waals surface area contributed by atoms with Crippen molar-refractivity contribution >= 4 is 40.3 Å². The SMILES string of the molecule is COCCOC(=O)C1=C(C)N(c2ccc(C)c(C)c2)C(=S)N[C@@H]1c1cccs1. The number of thiocarbonyl (C=S) groups is 1. The van der Waals surface area contributed by atoms with Gasteiger partial charge in [0.25, 0.3) is 0 Å². The first kappa shape index (κ1) is 20.5. The van der Waals surface area contributed by atoms with Crippen LogP contribution in [-0.2, 0) is 14.3 Å². The summed E-state index contributed by atoms with van der Waals surface area (Å²) in [6.45, 7) is 6.61. The topological polar surface area (TPSA) is 50.8 Å². The summed E-state index contributed by atoms with van der Waals surface area (Å²) >= 11 is 7.25. The molecule has 1 aromatic heterocycles. The Labute approximate surface area is 175 Å². The van der Waals surface area contributed by atoms with Crippen LogP contribution in [0.3, 0.4) is 0 Å². The molecule has 0 amide bonds. The summed E-state index contributed by atoms with van der Waals surface area (Å²) in [7, 11) is 1.58. The minimum atomic E-state index is -0.364. The Kier molecular flexibility index (Phi) is 6.49. The molecule has 0 spiro atoms. The van der Waals surface area contributed by atoms with E-state index in [4.69, 9.17) is 21.7 Å². The summed E-state index contributed by atoms with van der Waals surface area (Å²) in [4.78, 5) is 15.9. The number of esters is 1. The molecule has 0 aliphatic carbocycles. The van der Waals surface area contributed by atoms with Gasteiger partial charge in [-0.15, -0.1) is 11.3 Å². The summed E-state index contributed by atoms with van der Waals surface area (Å²) in [6.07, 6.45) is 0. The summed E-state index contributed by atoms with van der Waals surface area (Å²) in [5.41, 5.74) is 4.62. The van der Waals surface area contributed by atoms with Crippen LogP contribution in [0.1, 0.15) is 29.0 Å². The number of carbonyl (C=O) groups is 1. The molecule has 28 heavy (non-hydrogen) atoms. The zero-order chi connectivity index (χ0) is 20.3. The van der Waals surface area contributed by atoms with Crippen molar-refractivity contribution < 1.29 is 14.3 Å². The van der Waals surface area contributed by atoms with Gasteiger partial charge in [-0.3, -0.25) is 4.90 Å². The predicted octanol–water partition coefficient (Wildman–Crippen LogP) is 4.26. The number of rotatable bonds is 6. The molecule has 1 aromatic carbocycles. The Morgan fingerprint density at radius 3 is 2.64 bits per heavy atom. The summed E-state index contributed by atoms with van der Waals surface area (Å²) in [5, 5.41) is 5.88. The minimum absolute atomic E-state index is 0.206. The van der Waals surface area contributed by atoms with E-state index >= 15 is 0 Å². The van der Waals surface area contributed by atoms with Gasteiger partial charge >= 0.3 is 5.97 Å². The lowest BCUT2D eigenvalue weighted by atomic mass is 9.99. The van der Waals surface area contributed by atoms with Crippen LogP contribution in [-0.4, -0.2) is 31.4 Å². The lowest BCUT2D eigenvalue weighted by Gasteiger charge is -2.37. The van der Waals surface area contributed by atoms with Crippen LogP contribution < -0.4 is 10.2 Å². The Balaban J connectivity index is 2.05. The Morgan fingerprint density at radius 1 is 1.21 bits per heavy atom. The van der Waals surface area contributed by atoms with Gasteiger partial charge in [-0.25, -0.2) is 4.79 Å². The number of aryl methyl sites for hydroxylation is 2. The van der Waals surface area contributed by atoms with Gasteiger partial charge in [0, 0.05) is 23.4 Å². The molecule has 2 aromatic rings. The number of anilines is 1. The zero-order valence-electron chi connectivity index (χ0n) is 16.4. The number of nitrogens with one attached hydrogen (secondary N) is 1. The van der Waals surface area contributed by atoms with Crippen molar-refractivity contribution in [2.45, 2.75) is 26.8 Å². The number of hydrogen-bond donors (Lipinski definition) is 1. The number of nitrogens with zero attached hydrogens (tertiary/aromatic N) is 1. The molecule has 0 saturated heterocycles. The Bertz CT molecular complexity index is 906. The molecule has 0 bridgehead atoms. The van der Waals surface area contributed by atoms with Crippen LogP contribution in [0, 0.1) is 13.8 Å². The van der Waals surface area contributed by atoms with Crippen LogP contribution in [0.4, 0.5) is 5.69 Å². The van der Waals surface area contributed by atoms with Gasteiger partial charge in [0.15, 0.2) is 5.11 Å². The normalized spacial score (nSPS) is 16.9. The van der Waals surface area contributed by atoms with Crippen molar-refractivity contribution in [3.8, 4) is 0 Å². The van der Waals surface area contributed by atoms with Gasteiger partial charge in [0.2, 0.25) is 0 Å². The summed E-state index contributed by atoms with van der Waals surface area (Å²) < 4.78 is 10.5. The van der Waals surface area contributed by atoms with Crippen molar-refractivity contribution in [2.24, 2.45) is 0 Å². The average molecular weight is 417 g/mol. The molecular formula is C21H24N2O3S2. The highest BCUT2D eigenvalue weighted by Crippen LogP contribution is 2.36. The van der Waals surface area contributed by atoms with Crippen molar-refractivity contribution in [1.29, 1.82) is 0 Å². The van der Waals surface area contributed by atoms with E-state index < -0.39 is 0 Å². The number of benzene rings is 1. The maximum absolute atomic E-state index is 13.0. The monoisotopic (exact) mass is 416 g/mol. The number of methoxy groups -OCH3 is 1. The lowest BCUT2D eigenvalue weighted by molar-refractivity contribution is -0.140. The first-order valence-electron chi connectivity index (χ1n) is 9.02. The zero-order valence-corrected chi connectivity index (χ0v) is 18.1. The highest BCUT2D eigenvalue weighted by Gasteiger charge is 2.36. The number of allylic oxidation sites excluding steroid dienone is 1. The van der Waals surface area contributed by atoms with Crippen LogP contribution in [0.15, 0.2) is 47.0 Å². The maximum Gasteiger partial charge on any atom is 0.338 e. The second-order valence-electron chi connectivity index (χ2n) is 6.63. The lowest BCUT2D eigenvalue weighted by Crippen LogP contribution is -2.48. The standard InChI is InChI=1S/C21H24N2O3S2/c1-13-7-8-16(12-14(13)2)23-15(3)18(20(24)26-10-9-25-4)19(22-21(23)27)17-6-5-11-28-17/h5-8,11-12,19H,9-10H2,1-4H3,(H,22,27)/t19-/m1/s1. The fourth-order valence-electron chi connectivity index (χ4n) is 3.15. The maximum atomic E-state index is 13.0. The Hall–Kier alpha value is -2.22. The van der Waals surface area contributed by atoms with Gasteiger partial charge in [0.1, 0.15) is 6.61 Å². The molecule has 7 heteroatoms. The molecule has 5 nitrogen and oxygen atoms in total. The van der Waals surface area contributed by atoms with Gasteiger partial charge in [-0.1, -0.05) is 12.1 Å². The highest BCUT2D eigenvalue weighted by molar-refractivity contribution is 7.80. The van der Waals surface area contributed by atoms with Crippen molar-refractivity contribution in [2.75, 3.05) is 25.2 Å². The molecule has 1 aliphatic heterocycles. The van der Waals surface area contributed by atoms with Crippen LogP contribution >= 0.6 is 23.6 Å². The van der Waals surface area contributed by atoms with Crippen molar-refractivity contribution in [3.05, 3.63) is 63.0 Å². The van der Waals surface area contributed by atoms with Crippen LogP contribution in [0.25, 0.3) is 0 Å². The number of thiophene rings is 1. The smallest absolute Gasteiger partial charge is 0.338 e. The molecule has 0 saturated carbocycles. The van der Waals surface area contributed by atoms with Gasteiger partial charge in [-0.2, -0.15) is 0 Å². The summed E-state index contributed by atoms with van der Waals surface area (Å²) in [6, 6.07) is 9.77. The molecule has 3 rings (SSSR count). The fourth-order valence-corrected chi connectivity index (χ4v) is 4.29. The van der Waals surface area contributed by atoms with Crippen molar-refractivity contribution in [3.63, 3.8) is 0 Å². The van der Waals surface area contributed by atoms with Crippen molar-refractivity contribution in [1.82, 2.24) is 5.32 Å². The number of carbonyl (C=O) groups excluding carboxylic acids is 1. The highest BCUT2D eigenvalue weighted by atomic mass is 32.1. The molecule has 0 unspecified atom stereocenters. The van der Waals surface area contributed by atoms with Gasteiger partial charge in [0.05, 0.1) is 18.2 Å². The van der Waals surface area contributed by atoms with E-state index in [0.29, 0.717) is 17.3 Å². The average Bonchev–Trinajstić information content (AvgIpc) is 3.19. The van der Waals surface area contributed by atoms with Crippen LogP contribution in [0.2, 0.25) is 0 Å². The Morgan fingerprint density at radius 2 is 2.00 bits per heavy atom. The van der Waals surface area contributed by atoms with E-state index in [1.165, 1.54) is 5.56 Å². The largest absolute Gasteiger partial charge is 0.460 e. The number of ether oxygens (including phenoxy) is 2. The third kappa shape index (κ3) is 4.11. The van der Waals surface area contributed by atoms with E-state index in [-0.39, 0.29) is 18.6 Å². The molecule has 1 aliphatic rings. The van der Waals surface area contributed by atoms with E-state index in [9.17, 15) is 4.79 Å². The minimum Gasteiger partial charge on any atom is -0.460 e. The molecule has 1 N–H and O–H groups in total. The predicted molar refractivity (Wildman–Crippen MR) is 117 cm³/mol. The number of hydrogen-bond acceptors (Lipinski definition) is 5. The third-order valence-electron chi connectivity index (χ3n) is 4.80. The first-order chi connectivity index (χ1) is 13.4. The van der Waals surface area contributed by atoms with Gasteiger partial charge < -0.3 is 14.8 Å². The molecule has 1 atom stereocenters. The summed E-state index contributed by atoms with van der Waals surface area (Å²) in [5.74, 6) is -0.364. The molecule has 0 fully saturated rings. The van der Waals surface area contributed by atoms with Gasteiger partial charge in [-0.05, 0) is 67.7 Å². The fraction of sp³-hybridized carbons (Fsp3) is 0.333. The third-order valence-corrected chi connectivity index (χ3v) is 6.04. The second kappa shape index (κ2) is 8.86. The molecule has 0 radical (unpaired) electrons. The van der Waals surface area contributed by atoms with E-state index in [2.05, 4.69) is 31.3 Å². The van der Waals surface area contributed by atoms with Crippen LogP contribution in [0.5, 0.6) is 0 Å².